The lowest BCUT2D eigenvalue weighted by molar-refractivity contribution is 0.133. The molecule has 8 heteroatoms. The van der Waals surface area contributed by atoms with Crippen molar-refractivity contribution in [1.29, 1.82) is 0 Å². The molecule has 1 aromatic heterocycles. The summed E-state index contributed by atoms with van der Waals surface area (Å²) in [5, 5.41) is 14.6. The summed E-state index contributed by atoms with van der Waals surface area (Å²) < 4.78 is 27.4. The van der Waals surface area contributed by atoms with E-state index in [0.29, 0.717) is 31.9 Å². The molecule has 120 valence electrons. The number of likely N-dealkylation sites (N-methyl/N-ethyl adjacent to an activating group) is 1. The van der Waals surface area contributed by atoms with E-state index in [0.717, 1.165) is 12.1 Å². The molecule has 2 rings (SSSR count). The second-order valence-electron chi connectivity index (χ2n) is 5.65. The van der Waals surface area contributed by atoms with Crippen LogP contribution in [0, 0.1) is 0 Å². The topological polar surface area (TPSA) is 78.7 Å². The van der Waals surface area contributed by atoms with Crippen LogP contribution in [0.25, 0.3) is 0 Å². The monoisotopic (exact) mass is 316 g/mol. The second-order valence-corrected chi connectivity index (χ2v) is 7.91. The van der Waals surface area contributed by atoms with Gasteiger partial charge in [-0.3, -0.25) is 4.68 Å². The van der Waals surface area contributed by atoms with E-state index in [-0.39, 0.29) is 5.75 Å². The number of aliphatic hydroxyl groups excluding tert-OH is 1. The molecule has 0 aliphatic carbocycles. The number of sulfonamides is 1. The van der Waals surface area contributed by atoms with Crippen LogP contribution in [0.4, 0.5) is 0 Å². The van der Waals surface area contributed by atoms with Crippen LogP contribution in [0.3, 0.4) is 0 Å². The van der Waals surface area contributed by atoms with Gasteiger partial charge in [-0.1, -0.05) is 0 Å². The summed E-state index contributed by atoms with van der Waals surface area (Å²) in [7, 11) is 0.582. The van der Waals surface area contributed by atoms with Gasteiger partial charge < -0.3 is 10.0 Å². The Balaban J connectivity index is 2.21. The molecule has 0 fully saturated rings. The zero-order valence-electron chi connectivity index (χ0n) is 12.9. The van der Waals surface area contributed by atoms with Gasteiger partial charge in [-0.25, -0.2) is 8.42 Å². The van der Waals surface area contributed by atoms with Crippen LogP contribution < -0.4 is 0 Å². The first-order chi connectivity index (χ1) is 9.83. The van der Waals surface area contributed by atoms with E-state index in [2.05, 4.69) is 5.10 Å². The molecule has 1 atom stereocenters. The Kier molecular flexibility index (Phi) is 5.03. The van der Waals surface area contributed by atoms with Gasteiger partial charge in [0.25, 0.3) is 0 Å². The summed E-state index contributed by atoms with van der Waals surface area (Å²) in [6, 6.07) is 1.82. The Morgan fingerprint density at radius 3 is 2.76 bits per heavy atom. The molecule has 0 saturated carbocycles. The summed E-state index contributed by atoms with van der Waals surface area (Å²) in [6.45, 7) is 3.68. The first-order valence-electron chi connectivity index (χ1n) is 7.20. The van der Waals surface area contributed by atoms with Crippen LogP contribution in [0.5, 0.6) is 0 Å². The fourth-order valence-electron chi connectivity index (χ4n) is 2.48. The maximum absolute atomic E-state index is 12.0. The lowest BCUT2D eigenvalue weighted by Crippen LogP contribution is -2.32. The molecule has 0 amide bonds. The first-order valence-corrected chi connectivity index (χ1v) is 8.81. The van der Waals surface area contributed by atoms with Gasteiger partial charge in [-0.2, -0.15) is 9.40 Å². The zero-order valence-corrected chi connectivity index (χ0v) is 13.7. The van der Waals surface area contributed by atoms with Crippen LogP contribution >= 0.6 is 0 Å². The average Bonchev–Trinajstić information content (AvgIpc) is 2.70. The second kappa shape index (κ2) is 6.43. The van der Waals surface area contributed by atoms with Gasteiger partial charge in [0.15, 0.2) is 0 Å². The third-order valence-corrected chi connectivity index (χ3v) is 5.46. The van der Waals surface area contributed by atoms with E-state index in [9.17, 15) is 13.5 Å². The van der Waals surface area contributed by atoms with Gasteiger partial charge in [0, 0.05) is 19.6 Å². The van der Waals surface area contributed by atoms with Crippen LogP contribution in [-0.4, -0.2) is 65.4 Å². The van der Waals surface area contributed by atoms with Gasteiger partial charge >= 0.3 is 0 Å². The van der Waals surface area contributed by atoms with Crippen LogP contribution in [0.15, 0.2) is 6.07 Å². The molecule has 0 saturated heterocycles. The smallest absolute Gasteiger partial charge is 0.214 e. The molecule has 0 spiro atoms. The minimum Gasteiger partial charge on any atom is -0.385 e. The number of nitrogens with zero attached hydrogens (tertiary/aromatic N) is 4. The minimum atomic E-state index is -3.20. The van der Waals surface area contributed by atoms with E-state index in [1.165, 1.54) is 4.31 Å². The van der Waals surface area contributed by atoms with Gasteiger partial charge in [0.05, 0.1) is 23.7 Å². The lowest BCUT2D eigenvalue weighted by atomic mass is 10.2. The Labute approximate surface area is 126 Å². The number of hydrogen-bond donors (Lipinski definition) is 1. The highest BCUT2D eigenvalue weighted by Gasteiger charge is 2.25. The molecule has 1 aliphatic rings. The van der Waals surface area contributed by atoms with Crippen molar-refractivity contribution in [2.75, 3.05) is 32.9 Å². The van der Waals surface area contributed by atoms with E-state index in [4.69, 9.17) is 0 Å². The van der Waals surface area contributed by atoms with Crippen molar-refractivity contribution >= 4 is 10.0 Å². The SMILES string of the molecule is CCS(=O)(=O)N1CCCn2nc(C(O)CN(C)C)cc2C1. The Morgan fingerprint density at radius 2 is 2.14 bits per heavy atom. The van der Waals surface area contributed by atoms with Gasteiger partial charge in [0.2, 0.25) is 10.0 Å². The number of aromatic nitrogens is 2. The summed E-state index contributed by atoms with van der Waals surface area (Å²) in [4.78, 5) is 1.89. The van der Waals surface area contributed by atoms with Crippen molar-refractivity contribution in [3.05, 3.63) is 17.5 Å². The van der Waals surface area contributed by atoms with E-state index in [1.54, 1.807) is 6.92 Å². The molecule has 1 unspecified atom stereocenters. The zero-order chi connectivity index (χ0) is 15.6. The van der Waals surface area contributed by atoms with E-state index >= 15 is 0 Å². The normalized spacial score (nSPS) is 18.5. The molecule has 21 heavy (non-hydrogen) atoms. The van der Waals surface area contributed by atoms with Crippen LogP contribution in [0.2, 0.25) is 0 Å². The molecule has 7 nitrogen and oxygen atoms in total. The maximum Gasteiger partial charge on any atom is 0.214 e. The van der Waals surface area contributed by atoms with Crippen molar-refractivity contribution in [1.82, 2.24) is 19.0 Å². The van der Waals surface area contributed by atoms with Crippen molar-refractivity contribution in [2.45, 2.75) is 32.5 Å². The number of hydrogen-bond acceptors (Lipinski definition) is 5. The third-order valence-electron chi connectivity index (χ3n) is 3.64. The summed E-state index contributed by atoms with van der Waals surface area (Å²) in [6.07, 6.45) is 0.0765. The molecule has 1 aliphatic heterocycles. The number of rotatable bonds is 5. The summed E-state index contributed by atoms with van der Waals surface area (Å²) in [5.74, 6) is 0.108. The highest BCUT2D eigenvalue weighted by molar-refractivity contribution is 7.89. The predicted octanol–water partition coefficient (Wildman–Crippen LogP) is 0.0335. The van der Waals surface area contributed by atoms with Crippen molar-refractivity contribution in [2.24, 2.45) is 0 Å². The van der Waals surface area contributed by atoms with Crippen LogP contribution in [0.1, 0.15) is 30.8 Å². The standard InChI is InChI=1S/C13H24N4O3S/c1-4-21(19,20)16-6-5-7-17-11(9-16)8-12(14-17)13(18)10-15(2)3/h8,13,18H,4-7,9-10H2,1-3H3. The molecule has 0 bridgehead atoms. The number of aryl methyl sites for hydroxylation is 1. The van der Waals surface area contributed by atoms with Crippen LogP contribution in [-0.2, 0) is 23.1 Å². The number of fused-ring (bicyclic) bond motifs is 1. The fourth-order valence-corrected chi connectivity index (χ4v) is 3.58. The molecule has 2 heterocycles. The molecule has 1 aromatic rings. The average molecular weight is 316 g/mol. The van der Waals surface area contributed by atoms with Gasteiger partial charge in [-0.05, 0) is 33.5 Å². The molecule has 0 radical (unpaired) electrons. The Morgan fingerprint density at radius 1 is 1.43 bits per heavy atom. The molecule has 1 N–H and O–H groups in total. The predicted molar refractivity (Wildman–Crippen MR) is 80.2 cm³/mol. The first kappa shape index (κ1) is 16.4. The van der Waals surface area contributed by atoms with E-state index < -0.39 is 16.1 Å². The van der Waals surface area contributed by atoms with E-state index in [1.807, 2.05) is 29.7 Å². The minimum absolute atomic E-state index is 0.108. The van der Waals surface area contributed by atoms with Gasteiger partial charge in [-0.15, -0.1) is 0 Å². The van der Waals surface area contributed by atoms with Gasteiger partial charge in [0.1, 0.15) is 6.10 Å². The largest absolute Gasteiger partial charge is 0.385 e. The lowest BCUT2D eigenvalue weighted by Gasteiger charge is -2.18. The Bertz CT molecular complexity index is 582. The fraction of sp³-hybridized carbons (Fsp3) is 0.769. The highest BCUT2D eigenvalue weighted by atomic mass is 32.2. The summed E-state index contributed by atoms with van der Waals surface area (Å²) in [5.41, 5.74) is 1.45. The van der Waals surface area contributed by atoms with Crippen molar-refractivity contribution in [3.8, 4) is 0 Å². The third kappa shape index (κ3) is 3.82. The molecular formula is C13H24N4O3S. The van der Waals surface area contributed by atoms with Crippen molar-refractivity contribution < 1.29 is 13.5 Å². The van der Waals surface area contributed by atoms with Crippen molar-refractivity contribution in [3.63, 3.8) is 0 Å². The summed E-state index contributed by atoms with van der Waals surface area (Å²) >= 11 is 0. The molecule has 0 aromatic carbocycles. The maximum atomic E-state index is 12.0. The Hall–Kier alpha value is -0.960. The number of aliphatic hydroxyl groups is 1. The quantitative estimate of drug-likeness (QED) is 0.829. The highest BCUT2D eigenvalue weighted by Crippen LogP contribution is 2.20. The molecular weight excluding hydrogens is 292 g/mol.